The highest BCUT2D eigenvalue weighted by molar-refractivity contribution is 5.62. The van der Waals surface area contributed by atoms with E-state index in [2.05, 4.69) is 20.6 Å². The van der Waals surface area contributed by atoms with E-state index in [-0.39, 0.29) is 11.6 Å². The molecule has 0 bridgehead atoms. The maximum absolute atomic E-state index is 12.7. The monoisotopic (exact) mass is 282 g/mol. The van der Waals surface area contributed by atoms with Crippen LogP contribution in [0.4, 0.5) is 30.5 Å². The average Bonchev–Trinajstić information content (AvgIpc) is 2.40. The van der Waals surface area contributed by atoms with Gasteiger partial charge in [-0.25, -0.2) is 9.97 Å². The van der Waals surface area contributed by atoms with Gasteiger partial charge >= 0.3 is 6.18 Å². The third kappa shape index (κ3) is 3.17. The number of nitrogens with one attached hydrogen (secondary N) is 2. The molecule has 0 aliphatic rings. The molecule has 0 unspecified atom stereocenters. The van der Waals surface area contributed by atoms with Crippen LogP contribution in [-0.4, -0.2) is 17.0 Å². The van der Waals surface area contributed by atoms with Crippen LogP contribution >= 0.6 is 0 Å². The Kier molecular flexibility index (Phi) is 3.78. The number of aryl methyl sites for hydroxylation is 1. The number of halogens is 3. The van der Waals surface area contributed by atoms with Crippen LogP contribution in [0, 0.1) is 6.92 Å². The van der Waals surface area contributed by atoms with E-state index in [1.165, 1.54) is 13.1 Å². The molecule has 2 rings (SSSR count). The number of aromatic nitrogens is 2. The van der Waals surface area contributed by atoms with E-state index in [1.807, 2.05) is 19.1 Å². The summed E-state index contributed by atoms with van der Waals surface area (Å²) in [6, 6.07) is 8.68. The molecule has 0 spiro atoms. The lowest BCUT2D eigenvalue weighted by Gasteiger charge is -2.12. The predicted molar refractivity (Wildman–Crippen MR) is 71.0 cm³/mol. The summed E-state index contributed by atoms with van der Waals surface area (Å²) in [4.78, 5) is 6.90. The van der Waals surface area contributed by atoms with Gasteiger partial charge in [0.15, 0.2) is 0 Å². The molecule has 1 aromatic carbocycles. The number of alkyl halides is 3. The number of hydrogen-bond donors (Lipinski definition) is 2. The summed E-state index contributed by atoms with van der Waals surface area (Å²) < 4.78 is 38.2. The zero-order chi connectivity index (χ0) is 14.8. The largest absolute Gasteiger partial charge is 0.451 e. The smallest absolute Gasteiger partial charge is 0.373 e. The molecule has 0 radical (unpaired) electrons. The number of anilines is 3. The number of nitrogens with zero attached hydrogens (tertiary/aromatic N) is 2. The predicted octanol–water partition coefficient (Wildman–Crippen LogP) is 3.59. The van der Waals surface area contributed by atoms with Crippen LogP contribution in [0.3, 0.4) is 0 Å². The van der Waals surface area contributed by atoms with Crippen molar-refractivity contribution in [2.45, 2.75) is 13.1 Å². The second-order valence-corrected chi connectivity index (χ2v) is 4.15. The summed E-state index contributed by atoms with van der Waals surface area (Å²) in [6.07, 6.45) is -4.59. The SMILES string of the molecule is CNc1cc(Nc2ccccc2C)nc(C(F)(F)F)n1. The molecule has 7 heteroatoms. The molecule has 0 saturated heterocycles. The van der Waals surface area contributed by atoms with Crippen LogP contribution in [0.2, 0.25) is 0 Å². The molecule has 1 heterocycles. The highest BCUT2D eigenvalue weighted by Gasteiger charge is 2.35. The summed E-state index contributed by atoms with van der Waals surface area (Å²) in [5.74, 6) is -0.991. The summed E-state index contributed by atoms with van der Waals surface area (Å²) >= 11 is 0. The van der Waals surface area contributed by atoms with E-state index in [4.69, 9.17) is 0 Å². The molecule has 0 atom stereocenters. The zero-order valence-corrected chi connectivity index (χ0v) is 10.9. The summed E-state index contributed by atoms with van der Waals surface area (Å²) in [7, 11) is 1.50. The first-order valence-electron chi connectivity index (χ1n) is 5.87. The van der Waals surface area contributed by atoms with E-state index in [0.717, 1.165) is 5.56 Å². The van der Waals surface area contributed by atoms with Crippen LogP contribution < -0.4 is 10.6 Å². The molecule has 4 nitrogen and oxygen atoms in total. The third-order valence-electron chi connectivity index (χ3n) is 2.64. The van der Waals surface area contributed by atoms with Crippen LogP contribution in [-0.2, 0) is 6.18 Å². The van der Waals surface area contributed by atoms with Gasteiger partial charge in [-0.2, -0.15) is 13.2 Å². The van der Waals surface area contributed by atoms with Crippen molar-refractivity contribution in [2.24, 2.45) is 0 Å². The van der Waals surface area contributed by atoms with Crippen molar-refractivity contribution >= 4 is 17.3 Å². The lowest BCUT2D eigenvalue weighted by molar-refractivity contribution is -0.144. The van der Waals surface area contributed by atoms with Crippen LogP contribution in [0.5, 0.6) is 0 Å². The van der Waals surface area contributed by atoms with Gasteiger partial charge < -0.3 is 10.6 Å². The van der Waals surface area contributed by atoms with E-state index < -0.39 is 12.0 Å². The normalized spacial score (nSPS) is 11.2. The van der Waals surface area contributed by atoms with E-state index in [1.54, 1.807) is 12.1 Å². The van der Waals surface area contributed by atoms with Gasteiger partial charge in [-0.15, -0.1) is 0 Å². The summed E-state index contributed by atoms with van der Waals surface area (Å²) in [5.41, 5.74) is 1.60. The topological polar surface area (TPSA) is 49.8 Å². The molecule has 0 amide bonds. The van der Waals surface area contributed by atoms with Crippen molar-refractivity contribution in [1.29, 1.82) is 0 Å². The van der Waals surface area contributed by atoms with Gasteiger partial charge in [-0.05, 0) is 18.6 Å². The van der Waals surface area contributed by atoms with Crippen molar-refractivity contribution in [3.05, 3.63) is 41.7 Å². The van der Waals surface area contributed by atoms with Gasteiger partial charge in [0.25, 0.3) is 0 Å². The van der Waals surface area contributed by atoms with Crippen molar-refractivity contribution in [3.8, 4) is 0 Å². The van der Waals surface area contributed by atoms with Gasteiger partial charge in [0.05, 0.1) is 0 Å². The number of hydrogen-bond acceptors (Lipinski definition) is 4. The zero-order valence-electron chi connectivity index (χ0n) is 10.9. The van der Waals surface area contributed by atoms with Gasteiger partial charge in [-0.1, -0.05) is 18.2 Å². The fourth-order valence-corrected chi connectivity index (χ4v) is 1.62. The number of rotatable bonds is 3. The van der Waals surface area contributed by atoms with Crippen molar-refractivity contribution in [1.82, 2.24) is 9.97 Å². The molecule has 0 fully saturated rings. The second kappa shape index (κ2) is 5.36. The minimum Gasteiger partial charge on any atom is -0.373 e. The Bertz CT molecular complexity index is 611. The standard InChI is InChI=1S/C13H13F3N4/c1-8-5-3-4-6-9(8)18-11-7-10(17-2)19-12(20-11)13(14,15)16/h3-7H,1-2H3,(H2,17,18,19,20). The fourth-order valence-electron chi connectivity index (χ4n) is 1.62. The molecule has 0 aliphatic carbocycles. The molecule has 20 heavy (non-hydrogen) atoms. The Morgan fingerprint density at radius 1 is 1.05 bits per heavy atom. The third-order valence-corrected chi connectivity index (χ3v) is 2.64. The van der Waals surface area contributed by atoms with Crippen molar-refractivity contribution < 1.29 is 13.2 Å². The fraction of sp³-hybridized carbons (Fsp3) is 0.231. The van der Waals surface area contributed by atoms with Gasteiger partial charge in [0.1, 0.15) is 11.6 Å². The Balaban J connectivity index is 2.39. The van der Waals surface area contributed by atoms with Crippen molar-refractivity contribution in [2.75, 3.05) is 17.7 Å². The lowest BCUT2D eigenvalue weighted by Crippen LogP contribution is -2.13. The Morgan fingerprint density at radius 2 is 1.70 bits per heavy atom. The highest BCUT2D eigenvalue weighted by atomic mass is 19.4. The average molecular weight is 282 g/mol. The Labute approximate surface area is 114 Å². The lowest BCUT2D eigenvalue weighted by atomic mass is 10.2. The Morgan fingerprint density at radius 3 is 2.30 bits per heavy atom. The summed E-state index contributed by atoms with van der Waals surface area (Å²) in [5, 5.41) is 5.46. The van der Waals surface area contributed by atoms with E-state index in [9.17, 15) is 13.2 Å². The molecule has 2 N–H and O–H groups in total. The molecule has 2 aromatic rings. The Hall–Kier alpha value is -2.31. The van der Waals surface area contributed by atoms with Crippen molar-refractivity contribution in [3.63, 3.8) is 0 Å². The van der Waals surface area contributed by atoms with Gasteiger partial charge in [-0.3, -0.25) is 0 Å². The minimum absolute atomic E-state index is 0.0889. The minimum atomic E-state index is -4.59. The molecule has 106 valence electrons. The molecule has 1 aromatic heterocycles. The van der Waals surface area contributed by atoms with Crippen LogP contribution in [0.1, 0.15) is 11.4 Å². The second-order valence-electron chi connectivity index (χ2n) is 4.15. The summed E-state index contributed by atoms with van der Waals surface area (Å²) in [6.45, 7) is 1.85. The molecule has 0 saturated carbocycles. The van der Waals surface area contributed by atoms with Gasteiger partial charge in [0.2, 0.25) is 5.82 Å². The maximum Gasteiger partial charge on any atom is 0.451 e. The van der Waals surface area contributed by atoms with Crippen LogP contribution in [0.15, 0.2) is 30.3 Å². The molecule has 0 aliphatic heterocycles. The number of para-hydroxylation sites is 1. The van der Waals surface area contributed by atoms with E-state index in [0.29, 0.717) is 5.69 Å². The quantitative estimate of drug-likeness (QED) is 0.903. The molecular weight excluding hydrogens is 269 g/mol. The first-order chi connectivity index (χ1) is 9.40. The molecular formula is C13H13F3N4. The van der Waals surface area contributed by atoms with E-state index >= 15 is 0 Å². The number of benzene rings is 1. The van der Waals surface area contributed by atoms with Crippen LogP contribution in [0.25, 0.3) is 0 Å². The first-order valence-corrected chi connectivity index (χ1v) is 5.87. The van der Waals surface area contributed by atoms with Gasteiger partial charge in [0, 0.05) is 18.8 Å². The maximum atomic E-state index is 12.7. The first kappa shape index (κ1) is 14.1. The highest BCUT2D eigenvalue weighted by Crippen LogP contribution is 2.29.